The summed E-state index contributed by atoms with van der Waals surface area (Å²) in [6.07, 6.45) is 0. The van der Waals surface area contributed by atoms with Gasteiger partial charge in [-0.1, -0.05) is 24.3 Å². The van der Waals surface area contributed by atoms with Gasteiger partial charge < -0.3 is 14.8 Å². The van der Waals surface area contributed by atoms with Crippen molar-refractivity contribution in [2.75, 3.05) is 19.0 Å². The molecular weight excluding hydrogens is 400 g/mol. The molecule has 1 N–H and O–H groups in total. The minimum absolute atomic E-state index is 0.376. The number of amides is 1. The molecule has 0 atom stereocenters. The van der Waals surface area contributed by atoms with Gasteiger partial charge in [0.25, 0.3) is 5.91 Å². The number of hydrogen-bond acceptors (Lipinski definition) is 6. The Bertz CT molecular complexity index is 1190. The Kier molecular flexibility index (Phi) is 5.72. The molecule has 7 heteroatoms. The van der Waals surface area contributed by atoms with E-state index in [1.54, 1.807) is 37.4 Å². The zero-order valence-corrected chi connectivity index (χ0v) is 16.9. The fraction of sp³-hybridized carbons (Fsp3) is 0.0870. The highest BCUT2D eigenvalue weighted by Gasteiger charge is 2.17. The van der Waals surface area contributed by atoms with Crippen LogP contribution < -0.4 is 10.1 Å². The minimum Gasteiger partial charge on any atom is -0.497 e. The zero-order chi connectivity index (χ0) is 20.9. The number of aromatic nitrogens is 1. The van der Waals surface area contributed by atoms with E-state index >= 15 is 0 Å². The Morgan fingerprint density at radius 3 is 2.57 bits per heavy atom. The highest BCUT2D eigenvalue weighted by molar-refractivity contribution is 7.13. The van der Waals surface area contributed by atoms with E-state index in [1.807, 2.05) is 41.8 Å². The third-order valence-electron chi connectivity index (χ3n) is 4.42. The van der Waals surface area contributed by atoms with Gasteiger partial charge in [0.1, 0.15) is 5.75 Å². The van der Waals surface area contributed by atoms with E-state index in [4.69, 9.17) is 9.47 Å². The number of anilines is 1. The summed E-state index contributed by atoms with van der Waals surface area (Å²) in [4.78, 5) is 30.6. The zero-order valence-electron chi connectivity index (χ0n) is 16.1. The fourth-order valence-corrected chi connectivity index (χ4v) is 3.66. The number of benzene rings is 2. The lowest BCUT2D eigenvalue weighted by Gasteiger charge is -2.10. The average Bonchev–Trinajstić information content (AvgIpc) is 3.32. The van der Waals surface area contributed by atoms with Crippen LogP contribution in [-0.2, 0) is 9.53 Å². The maximum atomic E-state index is 12.8. The van der Waals surface area contributed by atoms with Gasteiger partial charge in [0.05, 0.1) is 28.8 Å². The number of thiophene rings is 1. The van der Waals surface area contributed by atoms with Crippen LogP contribution in [0.25, 0.3) is 21.5 Å². The summed E-state index contributed by atoms with van der Waals surface area (Å²) in [6.45, 7) is -0.393. The van der Waals surface area contributed by atoms with Crippen LogP contribution in [0.2, 0.25) is 0 Å². The number of hydrogen-bond donors (Lipinski definition) is 1. The summed E-state index contributed by atoms with van der Waals surface area (Å²) < 4.78 is 10.4. The highest BCUT2D eigenvalue weighted by Crippen LogP contribution is 2.28. The molecule has 0 bridgehead atoms. The largest absolute Gasteiger partial charge is 0.497 e. The molecule has 0 radical (unpaired) electrons. The normalized spacial score (nSPS) is 10.6. The molecule has 2 heterocycles. The second-order valence-corrected chi connectivity index (χ2v) is 7.35. The summed E-state index contributed by atoms with van der Waals surface area (Å²) in [6, 6.07) is 19.8. The van der Waals surface area contributed by atoms with E-state index in [0.717, 1.165) is 4.88 Å². The van der Waals surface area contributed by atoms with Gasteiger partial charge in [0, 0.05) is 11.1 Å². The standard InChI is InChI=1S/C23H18N2O4S/c1-28-16-10-8-15(9-11-16)24-22(26)14-29-23(27)18-13-20(21-7-4-12-30-21)25-19-6-3-2-5-17(18)19/h2-13H,14H2,1H3,(H,24,26). The molecule has 0 spiro atoms. The minimum atomic E-state index is -0.573. The Labute approximate surface area is 177 Å². The van der Waals surface area contributed by atoms with Gasteiger partial charge in [-0.2, -0.15) is 0 Å². The molecule has 2 aromatic carbocycles. The van der Waals surface area contributed by atoms with Crippen molar-refractivity contribution in [1.29, 1.82) is 0 Å². The van der Waals surface area contributed by atoms with Crippen LogP contribution in [0.15, 0.2) is 72.1 Å². The first kappa shape index (κ1) is 19.6. The van der Waals surface area contributed by atoms with Crippen LogP contribution in [0, 0.1) is 0 Å². The Morgan fingerprint density at radius 1 is 1.03 bits per heavy atom. The van der Waals surface area contributed by atoms with Gasteiger partial charge in [-0.25, -0.2) is 9.78 Å². The summed E-state index contributed by atoms with van der Waals surface area (Å²) in [5, 5.41) is 5.32. The number of rotatable bonds is 6. The van der Waals surface area contributed by atoms with E-state index in [2.05, 4.69) is 10.3 Å². The number of ether oxygens (including phenoxy) is 2. The van der Waals surface area contributed by atoms with Gasteiger partial charge in [0.15, 0.2) is 6.61 Å². The van der Waals surface area contributed by atoms with Gasteiger partial charge >= 0.3 is 5.97 Å². The van der Waals surface area contributed by atoms with Crippen molar-refractivity contribution >= 4 is 39.8 Å². The number of fused-ring (bicyclic) bond motifs is 1. The van der Waals surface area contributed by atoms with Crippen LogP contribution in [0.5, 0.6) is 5.75 Å². The van der Waals surface area contributed by atoms with E-state index in [0.29, 0.717) is 33.6 Å². The van der Waals surface area contributed by atoms with Crippen LogP contribution in [0.3, 0.4) is 0 Å². The number of carbonyl (C=O) groups excluding carboxylic acids is 2. The number of nitrogens with zero attached hydrogens (tertiary/aromatic N) is 1. The molecule has 0 aliphatic rings. The second kappa shape index (κ2) is 8.75. The van der Waals surface area contributed by atoms with Crippen molar-refractivity contribution in [3.8, 4) is 16.3 Å². The molecule has 0 saturated carbocycles. The van der Waals surface area contributed by atoms with Gasteiger partial charge in [-0.15, -0.1) is 11.3 Å². The van der Waals surface area contributed by atoms with E-state index in [1.165, 1.54) is 11.3 Å². The monoisotopic (exact) mass is 418 g/mol. The second-order valence-electron chi connectivity index (χ2n) is 6.40. The third-order valence-corrected chi connectivity index (χ3v) is 5.31. The Balaban J connectivity index is 1.50. The Hall–Kier alpha value is -3.71. The van der Waals surface area contributed by atoms with E-state index < -0.39 is 18.5 Å². The molecule has 4 aromatic rings. The molecule has 150 valence electrons. The first-order valence-electron chi connectivity index (χ1n) is 9.19. The number of esters is 1. The van der Waals surface area contributed by atoms with Crippen LogP contribution in [-0.4, -0.2) is 30.6 Å². The van der Waals surface area contributed by atoms with Crippen molar-refractivity contribution in [2.45, 2.75) is 0 Å². The fourth-order valence-electron chi connectivity index (χ4n) is 2.98. The Morgan fingerprint density at radius 2 is 1.83 bits per heavy atom. The van der Waals surface area contributed by atoms with E-state index in [9.17, 15) is 9.59 Å². The van der Waals surface area contributed by atoms with Crippen molar-refractivity contribution < 1.29 is 19.1 Å². The number of nitrogens with one attached hydrogen (secondary N) is 1. The summed E-state index contributed by atoms with van der Waals surface area (Å²) >= 11 is 1.54. The van der Waals surface area contributed by atoms with Crippen molar-refractivity contribution in [2.24, 2.45) is 0 Å². The third kappa shape index (κ3) is 4.31. The van der Waals surface area contributed by atoms with Gasteiger partial charge in [0.2, 0.25) is 0 Å². The molecule has 0 aliphatic heterocycles. The molecule has 0 fully saturated rings. The van der Waals surface area contributed by atoms with Crippen molar-refractivity contribution in [1.82, 2.24) is 4.98 Å². The molecule has 4 rings (SSSR count). The maximum absolute atomic E-state index is 12.8. The summed E-state index contributed by atoms with van der Waals surface area (Å²) in [5.74, 6) is -0.313. The quantitative estimate of drug-likeness (QED) is 0.457. The predicted octanol–water partition coefficient (Wildman–Crippen LogP) is 4.77. The molecule has 30 heavy (non-hydrogen) atoms. The molecule has 1 amide bonds. The van der Waals surface area contributed by atoms with Crippen molar-refractivity contribution in [3.63, 3.8) is 0 Å². The molecule has 2 aromatic heterocycles. The number of methoxy groups -OCH3 is 1. The van der Waals surface area contributed by atoms with Crippen LogP contribution in [0.1, 0.15) is 10.4 Å². The molecule has 0 unspecified atom stereocenters. The lowest BCUT2D eigenvalue weighted by molar-refractivity contribution is -0.119. The summed E-state index contributed by atoms with van der Waals surface area (Å²) in [7, 11) is 1.57. The lowest BCUT2D eigenvalue weighted by atomic mass is 10.1. The number of carbonyl (C=O) groups is 2. The summed E-state index contributed by atoms with van der Waals surface area (Å²) in [5.41, 5.74) is 2.35. The number of pyridine rings is 1. The smallest absolute Gasteiger partial charge is 0.339 e. The molecule has 0 aliphatic carbocycles. The van der Waals surface area contributed by atoms with Crippen LogP contribution in [0.4, 0.5) is 5.69 Å². The first-order chi connectivity index (χ1) is 14.6. The van der Waals surface area contributed by atoms with Crippen molar-refractivity contribution in [3.05, 3.63) is 77.7 Å². The van der Waals surface area contributed by atoms with Gasteiger partial charge in [-0.3, -0.25) is 4.79 Å². The molecule has 6 nitrogen and oxygen atoms in total. The first-order valence-corrected chi connectivity index (χ1v) is 10.1. The predicted molar refractivity (Wildman–Crippen MR) is 117 cm³/mol. The molecule has 0 saturated heterocycles. The highest BCUT2D eigenvalue weighted by atomic mass is 32.1. The van der Waals surface area contributed by atoms with E-state index in [-0.39, 0.29) is 0 Å². The SMILES string of the molecule is COc1ccc(NC(=O)COC(=O)c2cc(-c3cccs3)nc3ccccc23)cc1. The molecular formula is C23H18N2O4S. The maximum Gasteiger partial charge on any atom is 0.339 e. The average molecular weight is 418 g/mol. The van der Waals surface area contributed by atoms with Crippen LogP contribution >= 0.6 is 11.3 Å². The van der Waals surface area contributed by atoms with Gasteiger partial charge in [-0.05, 0) is 47.8 Å². The lowest BCUT2D eigenvalue weighted by Crippen LogP contribution is -2.21. The number of para-hydroxylation sites is 1. The topological polar surface area (TPSA) is 77.5 Å².